The maximum atomic E-state index is 11.6. The predicted octanol–water partition coefficient (Wildman–Crippen LogP) is 0.131. The SMILES string of the molecule is COCC(C)NC(=O)Cn1cccc1CO. The lowest BCUT2D eigenvalue weighted by molar-refractivity contribution is -0.122. The number of rotatable bonds is 6. The number of nitrogens with one attached hydrogen (secondary N) is 1. The number of carbonyl (C=O) groups excluding carboxylic acids is 1. The summed E-state index contributed by atoms with van der Waals surface area (Å²) in [6, 6.07) is 3.58. The van der Waals surface area contributed by atoms with Crippen molar-refractivity contribution in [2.45, 2.75) is 26.1 Å². The molecule has 0 aliphatic heterocycles. The van der Waals surface area contributed by atoms with Gasteiger partial charge in [0.15, 0.2) is 0 Å². The zero-order chi connectivity index (χ0) is 12.0. The third-order valence-corrected chi connectivity index (χ3v) is 2.22. The van der Waals surface area contributed by atoms with Gasteiger partial charge >= 0.3 is 0 Å². The molecule has 5 nitrogen and oxygen atoms in total. The van der Waals surface area contributed by atoms with E-state index in [1.807, 2.05) is 6.92 Å². The molecule has 1 amide bonds. The number of aliphatic hydroxyl groups excluding tert-OH is 1. The molecule has 0 radical (unpaired) electrons. The summed E-state index contributed by atoms with van der Waals surface area (Å²) in [7, 11) is 1.60. The van der Waals surface area contributed by atoms with Gasteiger partial charge < -0.3 is 19.7 Å². The van der Waals surface area contributed by atoms with Crippen molar-refractivity contribution in [1.82, 2.24) is 9.88 Å². The average molecular weight is 226 g/mol. The summed E-state index contributed by atoms with van der Waals surface area (Å²) in [6.07, 6.45) is 1.77. The van der Waals surface area contributed by atoms with Gasteiger partial charge in [0.2, 0.25) is 5.91 Å². The van der Waals surface area contributed by atoms with Crippen LogP contribution in [0.15, 0.2) is 18.3 Å². The van der Waals surface area contributed by atoms with Crippen molar-refractivity contribution in [3.8, 4) is 0 Å². The molecule has 1 rings (SSSR count). The van der Waals surface area contributed by atoms with E-state index in [1.165, 1.54) is 0 Å². The van der Waals surface area contributed by atoms with Gasteiger partial charge in [0, 0.05) is 25.0 Å². The van der Waals surface area contributed by atoms with Crippen molar-refractivity contribution in [2.75, 3.05) is 13.7 Å². The van der Waals surface area contributed by atoms with Crippen LogP contribution >= 0.6 is 0 Å². The Morgan fingerprint density at radius 1 is 1.69 bits per heavy atom. The lowest BCUT2D eigenvalue weighted by atomic mass is 10.3. The average Bonchev–Trinajstić information content (AvgIpc) is 2.65. The molecule has 2 N–H and O–H groups in total. The Kier molecular flexibility index (Phi) is 5.01. The molecule has 5 heteroatoms. The Morgan fingerprint density at radius 2 is 2.44 bits per heavy atom. The van der Waals surface area contributed by atoms with Crippen molar-refractivity contribution in [1.29, 1.82) is 0 Å². The molecule has 0 fully saturated rings. The number of methoxy groups -OCH3 is 1. The summed E-state index contributed by atoms with van der Waals surface area (Å²) in [5.74, 6) is -0.0875. The van der Waals surface area contributed by atoms with E-state index in [-0.39, 0.29) is 25.1 Å². The van der Waals surface area contributed by atoms with Gasteiger partial charge in [0.25, 0.3) is 0 Å². The number of ether oxygens (including phenoxy) is 1. The molecular weight excluding hydrogens is 208 g/mol. The van der Waals surface area contributed by atoms with Crippen molar-refractivity contribution in [3.63, 3.8) is 0 Å². The van der Waals surface area contributed by atoms with E-state index < -0.39 is 0 Å². The normalized spacial score (nSPS) is 12.4. The van der Waals surface area contributed by atoms with Crippen molar-refractivity contribution >= 4 is 5.91 Å². The second kappa shape index (κ2) is 6.30. The maximum absolute atomic E-state index is 11.6. The molecule has 1 aromatic rings. The summed E-state index contributed by atoms with van der Waals surface area (Å²) < 4.78 is 6.64. The summed E-state index contributed by atoms with van der Waals surface area (Å²) in [5, 5.41) is 11.8. The van der Waals surface area contributed by atoms with Gasteiger partial charge in [-0.25, -0.2) is 0 Å². The first-order valence-corrected chi connectivity index (χ1v) is 5.20. The molecule has 0 spiro atoms. The minimum atomic E-state index is -0.0875. The standard InChI is InChI=1S/C11H18N2O3/c1-9(8-16-2)12-11(15)6-13-5-3-4-10(13)7-14/h3-5,9,14H,6-8H2,1-2H3,(H,12,15). The topological polar surface area (TPSA) is 63.5 Å². The number of nitrogens with zero attached hydrogens (tertiary/aromatic N) is 1. The van der Waals surface area contributed by atoms with E-state index in [0.29, 0.717) is 6.61 Å². The first-order chi connectivity index (χ1) is 7.67. The highest BCUT2D eigenvalue weighted by molar-refractivity contribution is 5.76. The van der Waals surface area contributed by atoms with E-state index in [4.69, 9.17) is 9.84 Å². The fourth-order valence-electron chi connectivity index (χ4n) is 1.51. The van der Waals surface area contributed by atoms with E-state index in [2.05, 4.69) is 5.32 Å². The van der Waals surface area contributed by atoms with Crippen LogP contribution in [-0.4, -0.2) is 35.3 Å². The Labute approximate surface area is 95.0 Å². The minimum absolute atomic E-state index is 0.00867. The van der Waals surface area contributed by atoms with Gasteiger partial charge in [-0.3, -0.25) is 4.79 Å². The van der Waals surface area contributed by atoms with Crippen LogP contribution in [-0.2, 0) is 22.7 Å². The zero-order valence-electron chi connectivity index (χ0n) is 9.64. The van der Waals surface area contributed by atoms with Crippen LogP contribution in [0.5, 0.6) is 0 Å². The van der Waals surface area contributed by atoms with Gasteiger partial charge in [0.1, 0.15) is 6.54 Å². The molecule has 0 aliphatic carbocycles. The molecule has 1 atom stereocenters. The summed E-state index contributed by atoms with van der Waals surface area (Å²) in [6.45, 7) is 2.53. The van der Waals surface area contributed by atoms with Crippen LogP contribution in [0.3, 0.4) is 0 Å². The number of aromatic nitrogens is 1. The van der Waals surface area contributed by atoms with Crippen molar-refractivity contribution in [3.05, 3.63) is 24.0 Å². The molecule has 90 valence electrons. The minimum Gasteiger partial charge on any atom is -0.390 e. The van der Waals surface area contributed by atoms with Gasteiger partial charge in [0.05, 0.1) is 13.2 Å². The van der Waals surface area contributed by atoms with Crippen LogP contribution in [0, 0.1) is 0 Å². The van der Waals surface area contributed by atoms with Crippen LogP contribution < -0.4 is 5.32 Å². The van der Waals surface area contributed by atoms with Gasteiger partial charge in [-0.1, -0.05) is 0 Å². The zero-order valence-corrected chi connectivity index (χ0v) is 9.64. The van der Waals surface area contributed by atoms with Crippen molar-refractivity contribution < 1.29 is 14.6 Å². The summed E-state index contributed by atoms with van der Waals surface area (Å²) in [4.78, 5) is 11.6. The molecule has 0 bridgehead atoms. The molecule has 0 aliphatic rings. The van der Waals surface area contributed by atoms with Crippen LogP contribution in [0.4, 0.5) is 0 Å². The third kappa shape index (κ3) is 3.67. The highest BCUT2D eigenvalue weighted by atomic mass is 16.5. The lowest BCUT2D eigenvalue weighted by Gasteiger charge is -2.13. The first kappa shape index (κ1) is 12.7. The summed E-state index contributed by atoms with van der Waals surface area (Å²) in [5.41, 5.74) is 0.731. The number of carbonyl (C=O) groups is 1. The lowest BCUT2D eigenvalue weighted by Crippen LogP contribution is -2.37. The second-order valence-electron chi connectivity index (χ2n) is 3.71. The van der Waals surface area contributed by atoms with E-state index in [9.17, 15) is 4.79 Å². The predicted molar refractivity (Wildman–Crippen MR) is 59.8 cm³/mol. The number of amides is 1. The fourth-order valence-corrected chi connectivity index (χ4v) is 1.51. The van der Waals surface area contributed by atoms with Gasteiger partial charge in [-0.05, 0) is 19.1 Å². The number of hydrogen-bond acceptors (Lipinski definition) is 3. The Bertz CT molecular complexity index is 336. The highest BCUT2D eigenvalue weighted by Crippen LogP contribution is 2.01. The first-order valence-electron chi connectivity index (χ1n) is 5.20. The molecule has 1 unspecified atom stereocenters. The Balaban J connectivity index is 2.45. The van der Waals surface area contributed by atoms with Crippen LogP contribution in [0.1, 0.15) is 12.6 Å². The van der Waals surface area contributed by atoms with Crippen LogP contribution in [0.25, 0.3) is 0 Å². The number of aliphatic hydroxyl groups is 1. The molecule has 1 heterocycles. The Hall–Kier alpha value is -1.33. The largest absolute Gasteiger partial charge is 0.390 e. The van der Waals surface area contributed by atoms with Crippen LogP contribution in [0.2, 0.25) is 0 Å². The monoisotopic (exact) mass is 226 g/mol. The third-order valence-electron chi connectivity index (χ3n) is 2.22. The summed E-state index contributed by atoms with van der Waals surface area (Å²) >= 11 is 0. The maximum Gasteiger partial charge on any atom is 0.240 e. The van der Waals surface area contributed by atoms with E-state index >= 15 is 0 Å². The fraction of sp³-hybridized carbons (Fsp3) is 0.545. The molecule has 0 saturated carbocycles. The quantitative estimate of drug-likeness (QED) is 0.725. The molecule has 0 saturated heterocycles. The smallest absolute Gasteiger partial charge is 0.240 e. The Morgan fingerprint density at radius 3 is 3.06 bits per heavy atom. The van der Waals surface area contributed by atoms with Gasteiger partial charge in [-0.2, -0.15) is 0 Å². The molecule has 16 heavy (non-hydrogen) atoms. The van der Waals surface area contributed by atoms with Gasteiger partial charge in [-0.15, -0.1) is 0 Å². The number of hydrogen-bond donors (Lipinski definition) is 2. The second-order valence-corrected chi connectivity index (χ2v) is 3.71. The van der Waals surface area contributed by atoms with E-state index in [0.717, 1.165) is 5.69 Å². The molecule has 1 aromatic heterocycles. The van der Waals surface area contributed by atoms with Crippen molar-refractivity contribution in [2.24, 2.45) is 0 Å². The molecule has 0 aromatic carbocycles. The van der Waals surface area contributed by atoms with E-state index in [1.54, 1.807) is 30.0 Å². The molecular formula is C11H18N2O3. The highest BCUT2D eigenvalue weighted by Gasteiger charge is 2.08.